The second-order valence-electron chi connectivity index (χ2n) is 6.43. The first-order valence-corrected chi connectivity index (χ1v) is 7.76. The molecule has 2 rings (SSSR count). The molecule has 5 heteroatoms. The Morgan fingerprint density at radius 3 is 2.24 bits per heavy atom. The van der Waals surface area contributed by atoms with E-state index < -0.39 is 0 Å². The maximum atomic E-state index is 12.2. The van der Waals surface area contributed by atoms with Crippen molar-refractivity contribution in [3.05, 3.63) is 34.9 Å². The SMILES string of the molecule is CC(C)(C)N1CCN(C(=O)NCc2ccc(Cl)cc2)CC1. The highest BCUT2D eigenvalue weighted by Crippen LogP contribution is 2.16. The minimum atomic E-state index is 0.0125. The molecule has 0 unspecified atom stereocenters. The molecule has 4 nitrogen and oxygen atoms in total. The maximum absolute atomic E-state index is 12.2. The Kier molecular flexibility index (Phi) is 5.12. The molecule has 0 aromatic heterocycles. The molecular formula is C16H24ClN3O. The highest BCUT2D eigenvalue weighted by molar-refractivity contribution is 6.30. The summed E-state index contributed by atoms with van der Waals surface area (Å²) in [5.74, 6) is 0. The van der Waals surface area contributed by atoms with Gasteiger partial charge in [-0.25, -0.2) is 4.79 Å². The summed E-state index contributed by atoms with van der Waals surface area (Å²) < 4.78 is 0. The molecule has 0 spiro atoms. The van der Waals surface area contributed by atoms with Gasteiger partial charge in [-0.3, -0.25) is 4.90 Å². The fourth-order valence-corrected chi connectivity index (χ4v) is 2.60. The molecule has 1 saturated heterocycles. The van der Waals surface area contributed by atoms with E-state index in [4.69, 9.17) is 11.6 Å². The van der Waals surface area contributed by atoms with E-state index >= 15 is 0 Å². The first kappa shape index (κ1) is 16.1. The van der Waals surface area contributed by atoms with E-state index in [0.717, 1.165) is 31.7 Å². The van der Waals surface area contributed by atoms with Crippen molar-refractivity contribution in [1.82, 2.24) is 15.1 Å². The van der Waals surface area contributed by atoms with Crippen molar-refractivity contribution in [2.24, 2.45) is 0 Å². The molecule has 1 N–H and O–H groups in total. The second kappa shape index (κ2) is 6.67. The van der Waals surface area contributed by atoms with Gasteiger partial charge in [0.2, 0.25) is 0 Å². The van der Waals surface area contributed by atoms with Crippen LogP contribution in [0, 0.1) is 0 Å². The van der Waals surface area contributed by atoms with E-state index in [9.17, 15) is 4.79 Å². The molecule has 1 heterocycles. The Morgan fingerprint density at radius 1 is 1.14 bits per heavy atom. The first-order valence-electron chi connectivity index (χ1n) is 7.38. The van der Waals surface area contributed by atoms with Crippen molar-refractivity contribution in [3.8, 4) is 0 Å². The number of carbonyl (C=O) groups is 1. The van der Waals surface area contributed by atoms with E-state index in [2.05, 4.69) is 31.0 Å². The number of carbonyl (C=O) groups excluding carboxylic acids is 1. The summed E-state index contributed by atoms with van der Waals surface area (Å²) in [4.78, 5) is 16.5. The lowest BCUT2D eigenvalue weighted by Crippen LogP contribution is -2.56. The number of nitrogens with zero attached hydrogens (tertiary/aromatic N) is 2. The quantitative estimate of drug-likeness (QED) is 0.911. The number of halogens is 1. The van der Waals surface area contributed by atoms with Gasteiger partial charge in [-0.05, 0) is 38.5 Å². The van der Waals surface area contributed by atoms with Crippen molar-refractivity contribution in [3.63, 3.8) is 0 Å². The van der Waals surface area contributed by atoms with Gasteiger partial charge >= 0.3 is 6.03 Å². The highest BCUT2D eigenvalue weighted by atomic mass is 35.5. The average Bonchev–Trinajstić information content (AvgIpc) is 2.45. The van der Waals surface area contributed by atoms with Gasteiger partial charge in [-0.15, -0.1) is 0 Å². The van der Waals surface area contributed by atoms with Gasteiger partial charge in [0.25, 0.3) is 0 Å². The molecule has 0 bridgehead atoms. The van der Waals surface area contributed by atoms with E-state index in [1.165, 1.54) is 0 Å². The summed E-state index contributed by atoms with van der Waals surface area (Å²) in [6.07, 6.45) is 0. The predicted molar refractivity (Wildman–Crippen MR) is 86.6 cm³/mol. The lowest BCUT2D eigenvalue weighted by Gasteiger charge is -2.42. The van der Waals surface area contributed by atoms with Crippen LogP contribution in [0.3, 0.4) is 0 Å². The standard InChI is InChI=1S/C16H24ClN3O/c1-16(2,3)20-10-8-19(9-11-20)15(21)18-12-13-4-6-14(17)7-5-13/h4-7H,8-12H2,1-3H3,(H,18,21). The minimum Gasteiger partial charge on any atom is -0.334 e. The predicted octanol–water partition coefficient (Wildman–Crippen LogP) is 2.97. The van der Waals surface area contributed by atoms with Crippen molar-refractivity contribution < 1.29 is 4.79 Å². The molecule has 1 aromatic carbocycles. The summed E-state index contributed by atoms with van der Waals surface area (Å²) in [5, 5.41) is 3.68. The van der Waals surface area contributed by atoms with Crippen LogP contribution in [0.2, 0.25) is 5.02 Å². The van der Waals surface area contributed by atoms with Crippen molar-refractivity contribution in [2.75, 3.05) is 26.2 Å². The molecule has 21 heavy (non-hydrogen) atoms. The molecular weight excluding hydrogens is 286 g/mol. The Balaban J connectivity index is 1.78. The largest absolute Gasteiger partial charge is 0.334 e. The van der Waals surface area contributed by atoms with Gasteiger partial charge in [0.1, 0.15) is 0 Å². The van der Waals surface area contributed by atoms with E-state index in [1.54, 1.807) is 0 Å². The molecule has 116 valence electrons. The zero-order valence-corrected chi connectivity index (χ0v) is 13.8. The fourth-order valence-electron chi connectivity index (χ4n) is 2.47. The van der Waals surface area contributed by atoms with Crippen molar-refractivity contribution in [1.29, 1.82) is 0 Å². The van der Waals surface area contributed by atoms with Crippen LogP contribution in [-0.4, -0.2) is 47.5 Å². The third kappa shape index (κ3) is 4.61. The lowest BCUT2D eigenvalue weighted by atomic mass is 10.1. The van der Waals surface area contributed by atoms with Crippen LogP contribution in [0.1, 0.15) is 26.3 Å². The Morgan fingerprint density at radius 2 is 1.71 bits per heavy atom. The number of hydrogen-bond donors (Lipinski definition) is 1. The zero-order chi connectivity index (χ0) is 15.5. The maximum Gasteiger partial charge on any atom is 0.317 e. The third-order valence-electron chi connectivity index (χ3n) is 3.87. The normalized spacial score (nSPS) is 16.9. The third-order valence-corrected chi connectivity index (χ3v) is 4.12. The van der Waals surface area contributed by atoms with Crippen molar-refractivity contribution >= 4 is 17.6 Å². The molecule has 1 aliphatic rings. The summed E-state index contributed by atoms with van der Waals surface area (Å²) >= 11 is 5.85. The molecule has 1 aliphatic heterocycles. The van der Waals surface area contributed by atoms with Gasteiger partial charge in [0.15, 0.2) is 0 Å². The molecule has 0 saturated carbocycles. The molecule has 1 fully saturated rings. The van der Waals surface area contributed by atoms with Crippen LogP contribution in [0.4, 0.5) is 4.79 Å². The summed E-state index contributed by atoms with van der Waals surface area (Å²) in [7, 11) is 0. The van der Waals surface area contributed by atoms with E-state index in [1.807, 2.05) is 29.2 Å². The first-order chi connectivity index (χ1) is 9.86. The van der Waals surface area contributed by atoms with E-state index in [0.29, 0.717) is 11.6 Å². The van der Waals surface area contributed by atoms with Gasteiger partial charge in [0.05, 0.1) is 0 Å². The number of hydrogen-bond acceptors (Lipinski definition) is 2. The Labute approximate surface area is 132 Å². The number of rotatable bonds is 2. The second-order valence-corrected chi connectivity index (χ2v) is 6.87. The van der Waals surface area contributed by atoms with Crippen LogP contribution < -0.4 is 5.32 Å². The Hall–Kier alpha value is -1.26. The summed E-state index contributed by atoms with van der Waals surface area (Å²) in [6, 6.07) is 7.55. The number of benzene rings is 1. The fraction of sp³-hybridized carbons (Fsp3) is 0.562. The zero-order valence-electron chi connectivity index (χ0n) is 13.0. The molecule has 0 aliphatic carbocycles. The number of nitrogens with one attached hydrogen (secondary N) is 1. The molecule has 0 atom stereocenters. The number of urea groups is 1. The van der Waals surface area contributed by atoms with E-state index in [-0.39, 0.29) is 11.6 Å². The number of amides is 2. The van der Waals surface area contributed by atoms with Crippen molar-refractivity contribution in [2.45, 2.75) is 32.9 Å². The molecule has 0 radical (unpaired) electrons. The van der Waals surface area contributed by atoms with Crippen LogP contribution in [0.15, 0.2) is 24.3 Å². The monoisotopic (exact) mass is 309 g/mol. The minimum absolute atomic E-state index is 0.0125. The summed E-state index contributed by atoms with van der Waals surface area (Å²) in [6.45, 7) is 10.6. The summed E-state index contributed by atoms with van der Waals surface area (Å²) in [5.41, 5.74) is 1.23. The lowest BCUT2D eigenvalue weighted by molar-refractivity contribution is 0.0742. The van der Waals surface area contributed by atoms with Crippen LogP contribution in [0.25, 0.3) is 0 Å². The van der Waals surface area contributed by atoms with Crippen LogP contribution in [0.5, 0.6) is 0 Å². The van der Waals surface area contributed by atoms with Crippen LogP contribution in [-0.2, 0) is 6.54 Å². The van der Waals surface area contributed by atoms with Gasteiger partial charge < -0.3 is 10.2 Å². The molecule has 1 aromatic rings. The highest BCUT2D eigenvalue weighted by Gasteiger charge is 2.27. The molecule has 2 amide bonds. The smallest absolute Gasteiger partial charge is 0.317 e. The van der Waals surface area contributed by atoms with Gasteiger partial charge in [-0.1, -0.05) is 23.7 Å². The average molecular weight is 310 g/mol. The van der Waals surface area contributed by atoms with Gasteiger partial charge in [-0.2, -0.15) is 0 Å². The number of piperazine rings is 1. The topological polar surface area (TPSA) is 35.6 Å². The Bertz CT molecular complexity index is 473. The van der Waals surface area contributed by atoms with Crippen LogP contribution >= 0.6 is 11.6 Å². The van der Waals surface area contributed by atoms with Gasteiger partial charge in [0, 0.05) is 43.3 Å².